The number of nitrogens with zero attached hydrogens (tertiary/aromatic N) is 1. The summed E-state index contributed by atoms with van der Waals surface area (Å²) < 4.78 is 22.7. The lowest BCUT2D eigenvalue weighted by atomic mass is 10.3. The lowest BCUT2D eigenvalue weighted by Crippen LogP contribution is -2.36. The molecule has 0 spiro atoms. The summed E-state index contributed by atoms with van der Waals surface area (Å²) in [6, 6.07) is 0.501. The summed E-state index contributed by atoms with van der Waals surface area (Å²) >= 11 is 0. The van der Waals surface area contributed by atoms with E-state index in [0.717, 1.165) is 26.1 Å². The van der Waals surface area contributed by atoms with Crippen LogP contribution in [0, 0.1) is 0 Å². The van der Waals surface area contributed by atoms with Crippen molar-refractivity contribution >= 4 is 9.84 Å². The third kappa shape index (κ3) is 5.49. The third-order valence-corrected chi connectivity index (χ3v) is 4.34. The summed E-state index contributed by atoms with van der Waals surface area (Å²) in [5.74, 6) is 0.690. The van der Waals surface area contributed by atoms with Gasteiger partial charge in [-0.3, -0.25) is 0 Å². The molecule has 1 rings (SSSR count). The van der Waals surface area contributed by atoms with E-state index in [1.165, 1.54) is 0 Å². The molecule has 0 aromatic carbocycles. The Hall–Kier alpha value is -0.130. The molecule has 1 N–H and O–H groups in total. The van der Waals surface area contributed by atoms with Crippen LogP contribution < -0.4 is 5.32 Å². The maximum absolute atomic E-state index is 11.4. The highest BCUT2D eigenvalue weighted by molar-refractivity contribution is 7.91. The molecule has 0 atom stereocenters. The zero-order chi connectivity index (χ0) is 11.3. The molecule has 1 heterocycles. The largest absolute Gasteiger partial charge is 0.313 e. The van der Waals surface area contributed by atoms with E-state index in [0.29, 0.717) is 24.1 Å². The summed E-state index contributed by atoms with van der Waals surface area (Å²) in [4.78, 5) is 2.24. The molecular formula is C10H22N2O2S. The normalized spacial score (nSPS) is 22.9. The summed E-state index contributed by atoms with van der Waals surface area (Å²) in [6.07, 6.45) is 0.782. The molecule has 0 amide bonds. The summed E-state index contributed by atoms with van der Waals surface area (Å²) in [5.41, 5.74) is 0. The SMILES string of the molecule is CC(C)NCCN1CCCS(=O)(=O)CC1. The quantitative estimate of drug-likeness (QED) is 0.750. The fraction of sp³-hybridized carbons (Fsp3) is 1.00. The van der Waals surface area contributed by atoms with Crippen molar-refractivity contribution in [2.75, 3.05) is 37.7 Å². The van der Waals surface area contributed by atoms with Crippen LogP contribution >= 0.6 is 0 Å². The van der Waals surface area contributed by atoms with Crippen LogP contribution in [0.15, 0.2) is 0 Å². The predicted octanol–water partition coefficient (Wildman–Crippen LogP) is 0.105. The van der Waals surface area contributed by atoms with Crippen LogP contribution in [0.4, 0.5) is 0 Å². The molecule has 1 aliphatic heterocycles. The second-order valence-electron chi connectivity index (χ2n) is 4.46. The van der Waals surface area contributed by atoms with E-state index in [9.17, 15) is 8.42 Å². The van der Waals surface area contributed by atoms with Crippen molar-refractivity contribution in [3.63, 3.8) is 0 Å². The van der Waals surface area contributed by atoms with Gasteiger partial charge < -0.3 is 10.2 Å². The van der Waals surface area contributed by atoms with E-state index in [2.05, 4.69) is 24.1 Å². The highest BCUT2D eigenvalue weighted by Gasteiger charge is 2.18. The van der Waals surface area contributed by atoms with Crippen molar-refractivity contribution in [1.29, 1.82) is 0 Å². The Morgan fingerprint density at radius 3 is 2.67 bits per heavy atom. The molecule has 0 aromatic rings. The molecule has 1 aliphatic rings. The van der Waals surface area contributed by atoms with Gasteiger partial charge in [0.1, 0.15) is 0 Å². The number of sulfone groups is 1. The van der Waals surface area contributed by atoms with Crippen molar-refractivity contribution in [3.05, 3.63) is 0 Å². The van der Waals surface area contributed by atoms with Crippen LogP contribution in [0.25, 0.3) is 0 Å². The van der Waals surface area contributed by atoms with Gasteiger partial charge in [-0.2, -0.15) is 0 Å². The molecule has 4 nitrogen and oxygen atoms in total. The molecule has 0 aromatic heterocycles. The molecule has 1 saturated heterocycles. The lowest BCUT2D eigenvalue weighted by Gasteiger charge is -2.20. The standard InChI is InChI=1S/C10H22N2O2S/c1-10(2)11-4-6-12-5-3-8-15(13,14)9-7-12/h10-11H,3-9H2,1-2H3. The van der Waals surface area contributed by atoms with Crippen LogP contribution in [0.1, 0.15) is 20.3 Å². The first-order valence-corrected chi connectivity index (χ1v) is 7.48. The smallest absolute Gasteiger partial charge is 0.151 e. The minimum atomic E-state index is -2.76. The fourth-order valence-corrected chi connectivity index (χ4v) is 3.03. The van der Waals surface area contributed by atoms with Gasteiger partial charge in [0.2, 0.25) is 0 Å². The number of nitrogens with one attached hydrogen (secondary N) is 1. The van der Waals surface area contributed by atoms with E-state index in [4.69, 9.17) is 0 Å². The van der Waals surface area contributed by atoms with Crippen molar-refractivity contribution in [1.82, 2.24) is 10.2 Å². The first kappa shape index (κ1) is 12.9. The van der Waals surface area contributed by atoms with E-state index >= 15 is 0 Å². The van der Waals surface area contributed by atoms with Gasteiger partial charge in [0.25, 0.3) is 0 Å². The Balaban J connectivity index is 2.26. The Bertz CT molecular complexity index is 275. The average Bonchev–Trinajstić information content (AvgIpc) is 2.27. The van der Waals surface area contributed by atoms with Crippen molar-refractivity contribution in [2.45, 2.75) is 26.3 Å². The van der Waals surface area contributed by atoms with E-state index in [1.54, 1.807) is 0 Å². The van der Waals surface area contributed by atoms with Crippen LogP contribution in [-0.2, 0) is 9.84 Å². The highest BCUT2D eigenvalue weighted by Crippen LogP contribution is 2.04. The first-order valence-electron chi connectivity index (χ1n) is 5.66. The summed E-state index contributed by atoms with van der Waals surface area (Å²) in [6.45, 7) is 7.74. The average molecular weight is 234 g/mol. The number of rotatable bonds is 4. The highest BCUT2D eigenvalue weighted by atomic mass is 32.2. The molecule has 0 saturated carbocycles. The third-order valence-electron chi connectivity index (χ3n) is 2.63. The number of hydrogen-bond acceptors (Lipinski definition) is 4. The molecule has 15 heavy (non-hydrogen) atoms. The molecular weight excluding hydrogens is 212 g/mol. The zero-order valence-corrected chi connectivity index (χ0v) is 10.5. The molecule has 90 valence electrons. The molecule has 0 radical (unpaired) electrons. The van der Waals surface area contributed by atoms with E-state index in [-0.39, 0.29) is 0 Å². The Kier molecular flexibility index (Phi) is 5.02. The van der Waals surface area contributed by atoms with Gasteiger partial charge in [-0.05, 0) is 13.0 Å². The number of hydrogen-bond donors (Lipinski definition) is 1. The topological polar surface area (TPSA) is 49.4 Å². The Morgan fingerprint density at radius 2 is 2.00 bits per heavy atom. The van der Waals surface area contributed by atoms with Crippen LogP contribution in [0.2, 0.25) is 0 Å². The van der Waals surface area contributed by atoms with Gasteiger partial charge >= 0.3 is 0 Å². The van der Waals surface area contributed by atoms with E-state index < -0.39 is 9.84 Å². The van der Waals surface area contributed by atoms with E-state index in [1.807, 2.05) is 0 Å². The summed E-state index contributed by atoms with van der Waals surface area (Å²) in [7, 11) is -2.76. The summed E-state index contributed by atoms with van der Waals surface area (Å²) in [5, 5.41) is 3.34. The van der Waals surface area contributed by atoms with Crippen LogP contribution in [0.5, 0.6) is 0 Å². The molecule has 0 aliphatic carbocycles. The fourth-order valence-electron chi connectivity index (χ4n) is 1.73. The minimum absolute atomic E-state index is 0.328. The Labute approximate surface area is 93.0 Å². The lowest BCUT2D eigenvalue weighted by molar-refractivity contribution is 0.291. The van der Waals surface area contributed by atoms with Gasteiger partial charge in [-0.25, -0.2) is 8.42 Å². The van der Waals surface area contributed by atoms with Crippen molar-refractivity contribution in [2.24, 2.45) is 0 Å². The second kappa shape index (κ2) is 5.82. The first-order chi connectivity index (χ1) is 6.99. The van der Waals surface area contributed by atoms with Gasteiger partial charge in [0.15, 0.2) is 9.84 Å². The Morgan fingerprint density at radius 1 is 1.27 bits per heavy atom. The molecule has 0 bridgehead atoms. The minimum Gasteiger partial charge on any atom is -0.313 e. The maximum atomic E-state index is 11.4. The van der Waals surface area contributed by atoms with Crippen molar-refractivity contribution < 1.29 is 8.42 Å². The zero-order valence-electron chi connectivity index (χ0n) is 9.70. The van der Waals surface area contributed by atoms with Gasteiger partial charge in [-0.15, -0.1) is 0 Å². The van der Waals surface area contributed by atoms with Gasteiger partial charge in [0, 0.05) is 25.7 Å². The maximum Gasteiger partial charge on any atom is 0.151 e. The van der Waals surface area contributed by atoms with Crippen LogP contribution in [-0.4, -0.2) is 57.0 Å². The molecule has 5 heteroatoms. The van der Waals surface area contributed by atoms with Crippen LogP contribution in [0.3, 0.4) is 0 Å². The van der Waals surface area contributed by atoms with Gasteiger partial charge in [-0.1, -0.05) is 13.8 Å². The monoisotopic (exact) mass is 234 g/mol. The molecule has 0 unspecified atom stereocenters. The van der Waals surface area contributed by atoms with Gasteiger partial charge in [0.05, 0.1) is 11.5 Å². The second-order valence-corrected chi connectivity index (χ2v) is 6.76. The van der Waals surface area contributed by atoms with Crippen molar-refractivity contribution in [3.8, 4) is 0 Å². The predicted molar refractivity (Wildman–Crippen MR) is 62.8 cm³/mol. The molecule has 1 fully saturated rings.